The minimum Gasteiger partial charge on any atom is -0.478 e. The van der Waals surface area contributed by atoms with Crippen molar-refractivity contribution in [1.29, 1.82) is 0 Å². The Morgan fingerprint density at radius 3 is 2.41 bits per heavy atom. The third-order valence-electron chi connectivity index (χ3n) is 2.80. The highest BCUT2D eigenvalue weighted by Gasteiger charge is 2.07. The van der Waals surface area contributed by atoms with Crippen molar-refractivity contribution in [2.24, 2.45) is 0 Å². The maximum Gasteiger partial charge on any atom is 0.335 e. The molecule has 1 aromatic rings. The Hall–Kier alpha value is -1.02. The molecular weight excluding hydrogens is 236 g/mol. The lowest BCUT2D eigenvalue weighted by Gasteiger charge is -2.05. The van der Waals surface area contributed by atoms with E-state index in [1.165, 1.54) is 25.7 Å². The second-order valence-electron chi connectivity index (χ2n) is 4.13. The standard InChI is InChI=1S/C14H20O2.ClH/c1-2-3-4-5-6-9-12-10-7-8-11-13(12)14(15)16;/h7-8,10-11H,2-6,9H2,1H3,(H,15,16);1H. The molecule has 0 amide bonds. The summed E-state index contributed by atoms with van der Waals surface area (Å²) in [6, 6.07) is 7.30. The molecule has 17 heavy (non-hydrogen) atoms. The number of carbonyl (C=O) groups is 1. The van der Waals surface area contributed by atoms with Crippen molar-refractivity contribution in [1.82, 2.24) is 0 Å². The van der Waals surface area contributed by atoms with E-state index in [1.807, 2.05) is 12.1 Å². The van der Waals surface area contributed by atoms with Crippen molar-refractivity contribution >= 4 is 18.4 Å². The number of halogens is 1. The molecule has 3 heteroatoms. The quantitative estimate of drug-likeness (QED) is 0.738. The van der Waals surface area contributed by atoms with Gasteiger partial charge >= 0.3 is 5.97 Å². The molecule has 96 valence electrons. The van der Waals surface area contributed by atoms with Gasteiger partial charge in [-0.1, -0.05) is 50.8 Å². The highest BCUT2D eigenvalue weighted by Crippen LogP contribution is 2.13. The van der Waals surface area contributed by atoms with Gasteiger partial charge in [-0.05, 0) is 24.5 Å². The molecule has 0 saturated carbocycles. The number of unbranched alkanes of at least 4 members (excludes halogenated alkanes) is 4. The number of aromatic carboxylic acids is 1. The molecule has 0 unspecified atom stereocenters. The van der Waals surface area contributed by atoms with Crippen molar-refractivity contribution in [3.63, 3.8) is 0 Å². The van der Waals surface area contributed by atoms with Crippen LogP contribution >= 0.6 is 12.4 Å². The summed E-state index contributed by atoms with van der Waals surface area (Å²) in [6.07, 6.45) is 6.94. The molecule has 0 radical (unpaired) electrons. The molecule has 0 saturated heterocycles. The van der Waals surface area contributed by atoms with Gasteiger partial charge in [-0.15, -0.1) is 12.4 Å². The molecule has 0 aliphatic carbocycles. The third kappa shape index (κ3) is 5.73. The van der Waals surface area contributed by atoms with Crippen molar-refractivity contribution < 1.29 is 9.90 Å². The van der Waals surface area contributed by atoms with E-state index in [0.717, 1.165) is 18.4 Å². The number of carboxylic acid groups (broad SMARTS) is 1. The molecule has 1 rings (SSSR count). The van der Waals surface area contributed by atoms with E-state index in [1.54, 1.807) is 12.1 Å². The van der Waals surface area contributed by atoms with Crippen LogP contribution in [-0.4, -0.2) is 11.1 Å². The number of hydrogen-bond donors (Lipinski definition) is 1. The van der Waals surface area contributed by atoms with E-state index in [0.29, 0.717) is 5.56 Å². The topological polar surface area (TPSA) is 37.3 Å². The summed E-state index contributed by atoms with van der Waals surface area (Å²) in [5.74, 6) is -0.816. The molecule has 1 aromatic carbocycles. The van der Waals surface area contributed by atoms with E-state index in [4.69, 9.17) is 5.11 Å². The van der Waals surface area contributed by atoms with Gasteiger partial charge in [-0.3, -0.25) is 0 Å². The summed E-state index contributed by atoms with van der Waals surface area (Å²) < 4.78 is 0. The molecule has 0 spiro atoms. The van der Waals surface area contributed by atoms with E-state index in [2.05, 4.69) is 6.92 Å². The predicted molar refractivity (Wildman–Crippen MR) is 73.1 cm³/mol. The summed E-state index contributed by atoms with van der Waals surface area (Å²) in [7, 11) is 0. The largest absolute Gasteiger partial charge is 0.478 e. The van der Waals surface area contributed by atoms with Crippen LogP contribution in [0.4, 0.5) is 0 Å². The molecular formula is C14H21ClO2. The first-order chi connectivity index (χ1) is 7.75. The van der Waals surface area contributed by atoms with Crippen LogP contribution in [0.2, 0.25) is 0 Å². The van der Waals surface area contributed by atoms with Gasteiger partial charge in [0.1, 0.15) is 0 Å². The Balaban J connectivity index is 0.00000256. The first-order valence-corrected chi connectivity index (χ1v) is 6.07. The monoisotopic (exact) mass is 256 g/mol. The van der Waals surface area contributed by atoms with Gasteiger partial charge in [-0.2, -0.15) is 0 Å². The minimum absolute atomic E-state index is 0. The summed E-state index contributed by atoms with van der Waals surface area (Å²) in [4.78, 5) is 11.0. The lowest BCUT2D eigenvalue weighted by molar-refractivity contribution is 0.0695. The fraction of sp³-hybridized carbons (Fsp3) is 0.500. The van der Waals surface area contributed by atoms with Crippen LogP contribution < -0.4 is 0 Å². The maximum absolute atomic E-state index is 11.0. The van der Waals surface area contributed by atoms with Crippen LogP contribution in [0.1, 0.15) is 54.9 Å². The molecule has 0 aliphatic heterocycles. The molecule has 2 nitrogen and oxygen atoms in total. The van der Waals surface area contributed by atoms with Crippen LogP contribution in [0.15, 0.2) is 24.3 Å². The van der Waals surface area contributed by atoms with Crippen molar-refractivity contribution in [2.45, 2.75) is 45.4 Å². The smallest absolute Gasteiger partial charge is 0.335 e. The number of aryl methyl sites for hydroxylation is 1. The average Bonchev–Trinajstić information content (AvgIpc) is 2.29. The summed E-state index contributed by atoms with van der Waals surface area (Å²) in [5, 5.41) is 9.01. The average molecular weight is 257 g/mol. The lowest BCUT2D eigenvalue weighted by Crippen LogP contribution is -2.02. The van der Waals surface area contributed by atoms with Gasteiger partial charge in [0.25, 0.3) is 0 Å². The van der Waals surface area contributed by atoms with Gasteiger partial charge < -0.3 is 5.11 Å². The van der Waals surface area contributed by atoms with Gasteiger partial charge in [-0.25, -0.2) is 4.79 Å². The molecule has 0 fully saturated rings. The van der Waals surface area contributed by atoms with Crippen LogP contribution in [-0.2, 0) is 6.42 Å². The molecule has 0 atom stereocenters. The number of rotatable bonds is 7. The van der Waals surface area contributed by atoms with Crippen LogP contribution in [0.25, 0.3) is 0 Å². The van der Waals surface area contributed by atoms with Crippen LogP contribution in [0, 0.1) is 0 Å². The van der Waals surface area contributed by atoms with E-state index in [-0.39, 0.29) is 12.4 Å². The second kappa shape index (κ2) is 9.06. The number of hydrogen-bond acceptors (Lipinski definition) is 1. The Morgan fingerprint density at radius 1 is 1.12 bits per heavy atom. The highest BCUT2D eigenvalue weighted by atomic mass is 35.5. The van der Waals surface area contributed by atoms with E-state index in [9.17, 15) is 4.79 Å². The summed E-state index contributed by atoms with van der Waals surface area (Å²) >= 11 is 0. The van der Waals surface area contributed by atoms with Crippen LogP contribution in [0.3, 0.4) is 0 Å². The van der Waals surface area contributed by atoms with Gasteiger partial charge in [0.2, 0.25) is 0 Å². The van der Waals surface area contributed by atoms with Gasteiger partial charge in [0.05, 0.1) is 5.56 Å². The second-order valence-corrected chi connectivity index (χ2v) is 4.13. The third-order valence-corrected chi connectivity index (χ3v) is 2.80. The van der Waals surface area contributed by atoms with E-state index < -0.39 is 5.97 Å². The fourth-order valence-corrected chi connectivity index (χ4v) is 1.87. The zero-order valence-corrected chi connectivity index (χ0v) is 11.1. The number of benzene rings is 1. The molecule has 1 N–H and O–H groups in total. The van der Waals surface area contributed by atoms with Gasteiger partial charge in [0.15, 0.2) is 0 Å². The van der Waals surface area contributed by atoms with Gasteiger partial charge in [0, 0.05) is 0 Å². The van der Waals surface area contributed by atoms with E-state index >= 15 is 0 Å². The fourth-order valence-electron chi connectivity index (χ4n) is 1.87. The van der Waals surface area contributed by atoms with Crippen molar-refractivity contribution in [2.75, 3.05) is 0 Å². The SMILES string of the molecule is CCCCCCCc1ccccc1C(=O)O.Cl. The molecule has 0 bridgehead atoms. The first-order valence-electron chi connectivity index (χ1n) is 6.07. The first kappa shape index (κ1) is 16.0. The minimum atomic E-state index is -0.816. The Labute approximate surface area is 109 Å². The Kier molecular flexibility index (Phi) is 8.51. The normalized spacial score (nSPS) is 9.71. The number of carboxylic acids is 1. The van der Waals surface area contributed by atoms with Crippen LogP contribution in [0.5, 0.6) is 0 Å². The zero-order valence-electron chi connectivity index (χ0n) is 10.3. The summed E-state index contributed by atoms with van der Waals surface area (Å²) in [6.45, 7) is 2.19. The predicted octanol–water partition coefficient (Wildman–Crippen LogP) is 4.32. The lowest BCUT2D eigenvalue weighted by atomic mass is 10.0. The van der Waals surface area contributed by atoms with Crippen molar-refractivity contribution in [3.05, 3.63) is 35.4 Å². The molecule has 0 aromatic heterocycles. The molecule has 0 heterocycles. The molecule has 0 aliphatic rings. The van der Waals surface area contributed by atoms with Crippen molar-refractivity contribution in [3.8, 4) is 0 Å². The zero-order chi connectivity index (χ0) is 11.8. The Bertz CT molecular complexity index is 337. The summed E-state index contributed by atoms with van der Waals surface area (Å²) in [5.41, 5.74) is 1.42. The Morgan fingerprint density at radius 2 is 1.76 bits per heavy atom. The highest BCUT2D eigenvalue weighted by molar-refractivity contribution is 5.89. The maximum atomic E-state index is 11.0.